The lowest BCUT2D eigenvalue weighted by Gasteiger charge is -2.28. The summed E-state index contributed by atoms with van der Waals surface area (Å²) in [5.74, 6) is -1.07. The minimum Gasteiger partial charge on any atom is -0.451 e. The number of anilines is 2. The number of rotatable bonds is 5. The van der Waals surface area contributed by atoms with Crippen LogP contribution in [0.4, 0.5) is 11.4 Å². The topological polar surface area (TPSA) is 84.4 Å². The maximum Gasteiger partial charge on any atom is 0.359 e. The van der Waals surface area contributed by atoms with Gasteiger partial charge in [0.2, 0.25) is 0 Å². The highest BCUT2D eigenvalue weighted by atomic mass is 16.5. The first kappa shape index (κ1) is 17.8. The number of ether oxygens (including phenoxy) is 1. The molecule has 1 aliphatic heterocycles. The van der Waals surface area contributed by atoms with E-state index < -0.39 is 11.9 Å². The van der Waals surface area contributed by atoms with Gasteiger partial charge in [-0.15, -0.1) is 0 Å². The van der Waals surface area contributed by atoms with Crippen molar-refractivity contribution in [3.63, 3.8) is 0 Å². The fourth-order valence-corrected chi connectivity index (χ4v) is 2.81. The molecular formula is C19H22N4O3. The van der Waals surface area contributed by atoms with Crippen LogP contribution in [0.2, 0.25) is 0 Å². The molecule has 7 nitrogen and oxygen atoms in total. The Bertz CT molecular complexity index is 753. The van der Waals surface area contributed by atoms with Crippen LogP contribution in [-0.4, -0.2) is 41.5 Å². The molecule has 0 saturated carbocycles. The van der Waals surface area contributed by atoms with Crippen molar-refractivity contribution < 1.29 is 14.3 Å². The van der Waals surface area contributed by atoms with E-state index in [1.54, 1.807) is 6.92 Å². The van der Waals surface area contributed by atoms with E-state index in [-0.39, 0.29) is 12.3 Å². The Balaban J connectivity index is 1.48. The van der Waals surface area contributed by atoms with E-state index in [0.717, 1.165) is 18.8 Å². The average Bonchev–Trinajstić information content (AvgIpc) is 2.68. The lowest BCUT2D eigenvalue weighted by atomic mass is 10.1. The van der Waals surface area contributed by atoms with Crippen LogP contribution in [-0.2, 0) is 9.53 Å². The Morgan fingerprint density at radius 1 is 1.08 bits per heavy atom. The predicted octanol–water partition coefficient (Wildman–Crippen LogP) is 2.57. The summed E-state index contributed by atoms with van der Waals surface area (Å²) in [6.07, 6.45) is 6.53. The van der Waals surface area contributed by atoms with Crippen LogP contribution < -0.4 is 10.2 Å². The number of piperidine rings is 1. The first-order valence-electron chi connectivity index (χ1n) is 8.72. The monoisotopic (exact) mass is 354 g/mol. The molecule has 1 aromatic heterocycles. The van der Waals surface area contributed by atoms with Crippen LogP contribution in [0.1, 0.15) is 35.4 Å². The number of aromatic nitrogens is 2. The molecule has 136 valence electrons. The Morgan fingerprint density at radius 3 is 2.46 bits per heavy atom. The van der Waals surface area contributed by atoms with Gasteiger partial charge in [-0.05, 0) is 50.5 Å². The van der Waals surface area contributed by atoms with Crippen molar-refractivity contribution in [2.24, 2.45) is 0 Å². The molecule has 1 aliphatic rings. The Hall–Kier alpha value is -2.96. The normalized spacial score (nSPS) is 14.0. The van der Waals surface area contributed by atoms with Crippen LogP contribution in [0.5, 0.6) is 0 Å². The minimum absolute atomic E-state index is 0.0780. The number of hydrogen-bond donors (Lipinski definition) is 1. The van der Waals surface area contributed by atoms with E-state index in [2.05, 4.69) is 20.2 Å². The smallest absolute Gasteiger partial charge is 0.359 e. The molecule has 26 heavy (non-hydrogen) atoms. The van der Waals surface area contributed by atoms with Crippen LogP contribution in [0, 0.1) is 6.92 Å². The van der Waals surface area contributed by atoms with E-state index in [1.165, 1.54) is 31.7 Å². The summed E-state index contributed by atoms with van der Waals surface area (Å²) in [7, 11) is 0. The van der Waals surface area contributed by atoms with Crippen LogP contribution in [0.25, 0.3) is 0 Å². The fourth-order valence-electron chi connectivity index (χ4n) is 2.81. The van der Waals surface area contributed by atoms with E-state index in [0.29, 0.717) is 11.4 Å². The molecule has 1 amide bonds. The van der Waals surface area contributed by atoms with Gasteiger partial charge in [0.25, 0.3) is 5.91 Å². The molecule has 3 rings (SSSR count). The minimum atomic E-state index is -0.673. The summed E-state index contributed by atoms with van der Waals surface area (Å²) in [6.45, 7) is 3.54. The number of nitrogens with one attached hydrogen (secondary N) is 1. The number of benzene rings is 1. The molecular weight excluding hydrogens is 332 g/mol. The van der Waals surface area contributed by atoms with E-state index in [9.17, 15) is 9.59 Å². The highest BCUT2D eigenvalue weighted by molar-refractivity contribution is 5.94. The maximum absolute atomic E-state index is 12.0. The summed E-state index contributed by atoms with van der Waals surface area (Å²) < 4.78 is 4.96. The number of aryl methyl sites for hydroxylation is 1. The van der Waals surface area contributed by atoms with E-state index in [1.807, 2.05) is 24.3 Å². The third-order valence-electron chi connectivity index (χ3n) is 4.20. The second-order valence-corrected chi connectivity index (χ2v) is 6.26. The van der Waals surface area contributed by atoms with Crippen LogP contribution in [0.15, 0.2) is 36.7 Å². The van der Waals surface area contributed by atoms with Crippen LogP contribution >= 0.6 is 0 Å². The maximum atomic E-state index is 12.0. The van der Waals surface area contributed by atoms with Crippen molar-refractivity contribution in [2.75, 3.05) is 29.9 Å². The zero-order valence-corrected chi connectivity index (χ0v) is 14.8. The summed E-state index contributed by atoms with van der Waals surface area (Å²) in [5.41, 5.74) is 2.61. The van der Waals surface area contributed by atoms with Crippen molar-refractivity contribution in [3.05, 3.63) is 48.0 Å². The van der Waals surface area contributed by atoms with Crippen molar-refractivity contribution in [1.29, 1.82) is 0 Å². The molecule has 7 heteroatoms. The van der Waals surface area contributed by atoms with Gasteiger partial charge >= 0.3 is 5.97 Å². The fraction of sp³-hybridized carbons (Fsp3) is 0.368. The largest absolute Gasteiger partial charge is 0.451 e. The second-order valence-electron chi connectivity index (χ2n) is 6.26. The zero-order valence-electron chi connectivity index (χ0n) is 14.8. The molecule has 0 spiro atoms. The Kier molecular flexibility index (Phi) is 5.78. The van der Waals surface area contributed by atoms with Crippen LogP contribution in [0.3, 0.4) is 0 Å². The summed E-state index contributed by atoms with van der Waals surface area (Å²) in [6, 6.07) is 7.70. The summed E-state index contributed by atoms with van der Waals surface area (Å²) >= 11 is 0. The van der Waals surface area contributed by atoms with Gasteiger partial charge in [0, 0.05) is 30.7 Å². The zero-order chi connectivity index (χ0) is 18.4. The molecule has 0 atom stereocenters. The highest BCUT2D eigenvalue weighted by Gasteiger charge is 2.13. The number of esters is 1. The quantitative estimate of drug-likeness (QED) is 0.831. The lowest BCUT2D eigenvalue weighted by molar-refractivity contribution is -0.119. The molecule has 1 fully saturated rings. The Labute approximate surface area is 152 Å². The van der Waals surface area contributed by atoms with Crippen molar-refractivity contribution in [3.8, 4) is 0 Å². The molecule has 2 aromatic rings. The first-order valence-corrected chi connectivity index (χ1v) is 8.72. The third kappa shape index (κ3) is 4.78. The molecule has 0 radical (unpaired) electrons. The molecule has 0 unspecified atom stereocenters. The molecule has 0 aliphatic carbocycles. The van der Waals surface area contributed by atoms with Crippen molar-refractivity contribution in [1.82, 2.24) is 9.97 Å². The summed E-state index contributed by atoms with van der Waals surface area (Å²) in [5, 5.41) is 2.72. The van der Waals surface area contributed by atoms with Gasteiger partial charge in [-0.25, -0.2) is 9.78 Å². The first-order chi connectivity index (χ1) is 12.6. The molecule has 1 N–H and O–H groups in total. The van der Waals surface area contributed by atoms with Crippen molar-refractivity contribution in [2.45, 2.75) is 26.2 Å². The third-order valence-corrected chi connectivity index (χ3v) is 4.20. The SMILES string of the molecule is Cc1cnc(C(=O)OCC(=O)Nc2ccc(N3CCCCC3)cc2)cn1. The number of amides is 1. The predicted molar refractivity (Wildman–Crippen MR) is 98.2 cm³/mol. The molecule has 0 bridgehead atoms. The molecule has 1 saturated heterocycles. The highest BCUT2D eigenvalue weighted by Crippen LogP contribution is 2.21. The number of carbonyl (C=O) groups excluding carboxylic acids is 2. The van der Waals surface area contributed by atoms with Gasteiger partial charge in [-0.2, -0.15) is 0 Å². The van der Waals surface area contributed by atoms with E-state index in [4.69, 9.17) is 4.74 Å². The second kappa shape index (κ2) is 8.42. The standard InChI is InChI=1S/C19H22N4O3/c1-14-11-21-17(12-20-14)19(25)26-13-18(24)22-15-5-7-16(8-6-15)23-9-3-2-4-10-23/h5-8,11-12H,2-4,9-10,13H2,1H3,(H,22,24). The summed E-state index contributed by atoms with van der Waals surface area (Å²) in [4.78, 5) is 34.0. The van der Waals surface area contributed by atoms with Gasteiger partial charge in [0.1, 0.15) is 0 Å². The Morgan fingerprint density at radius 2 is 1.81 bits per heavy atom. The van der Waals surface area contributed by atoms with Gasteiger partial charge in [-0.1, -0.05) is 0 Å². The number of nitrogens with zero attached hydrogens (tertiary/aromatic N) is 3. The van der Waals surface area contributed by atoms with Gasteiger partial charge in [0.15, 0.2) is 12.3 Å². The van der Waals surface area contributed by atoms with Gasteiger partial charge < -0.3 is 15.0 Å². The number of hydrogen-bond acceptors (Lipinski definition) is 6. The average molecular weight is 354 g/mol. The van der Waals surface area contributed by atoms with Crippen molar-refractivity contribution >= 4 is 23.3 Å². The molecule has 2 heterocycles. The van der Waals surface area contributed by atoms with E-state index >= 15 is 0 Å². The van der Waals surface area contributed by atoms with Gasteiger partial charge in [0.05, 0.1) is 11.9 Å². The molecule has 1 aromatic carbocycles. The van der Waals surface area contributed by atoms with Gasteiger partial charge in [-0.3, -0.25) is 9.78 Å². The lowest BCUT2D eigenvalue weighted by Crippen LogP contribution is -2.29. The number of carbonyl (C=O) groups is 2.